The van der Waals surface area contributed by atoms with E-state index in [1.54, 1.807) is 11.3 Å². The molecule has 0 saturated carbocycles. The Balaban J connectivity index is 2.23. The van der Waals surface area contributed by atoms with E-state index in [1.165, 1.54) is 10.4 Å². The minimum Gasteiger partial charge on any atom is -0.329 e. The van der Waals surface area contributed by atoms with Crippen molar-refractivity contribution in [2.45, 2.75) is 32.5 Å². The van der Waals surface area contributed by atoms with Crippen molar-refractivity contribution >= 4 is 22.9 Å². The highest BCUT2D eigenvalue weighted by Crippen LogP contribution is 2.26. The second kappa shape index (κ2) is 7.23. The van der Waals surface area contributed by atoms with Gasteiger partial charge in [0.1, 0.15) is 0 Å². The van der Waals surface area contributed by atoms with Gasteiger partial charge in [-0.15, -0.1) is 11.3 Å². The summed E-state index contributed by atoms with van der Waals surface area (Å²) in [5.74, 6) is 0. The average Bonchev–Trinajstić information content (AvgIpc) is 2.93. The minimum atomic E-state index is 0.217. The highest BCUT2D eigenvalue weighted by molar-refractivity contribution is 7.09. The molecule has 2 nitrogen and oxygen atoms in total. The van der Waals surface area contributed by atoms with Gasteiger partial charge in [0.2, 0.25) is 0 Å². The van der Waals surface area contributed by atoms with E-state index in [0.717, 1.165) is 11.6 Å². The Hall–Kier alpha value is -0.870. The Morgan fingerprint density at radius 3 is 2.40 bits per heavy atom. The lowest BCUT2D eigenvalue weighted by atomic mass is 10.0. The van der Waals surface area contributed by atoms with Gasteiger partial charge in [-0.25, -0.2) is 0 Å². The molecule has 0 fully saturated rings. The summed E-state index contributed by atoms with van der Waals surface area (Å²) in [7, 11) is 0. The number of hydrogen-bond acceptors (Lipinski definition) is 3. The Kier molecular flexibility index (Phi) is 5.61. The quantitative estimate of drug-likeness (QED) is 0.861. The third-order valence-corrected chi connectivity index (χ3v) is 4.57. The van der Waals surface area contributed by atoms with E-state index in [1.807, 2.05) is 12.1 Å². The van der Waals surface area contributed by atoms with Gasteiger partial charge in [0.05, 0.1) is 0 Å². The molecule has 2 N–H and O–H groups in total. The van der Waals surface area contributed by atoms with E-state index >= 15 is 0 Å². The molecule has 0 amide bonds. The van der Waals surface area contributed by atoms with E-state index in [-0.39, 0.29) is 6.04 Å². The van der Waals surface area contributed by atoms with Crippen molar-refractivity contribution in [3.8, 4) is 0 Å². The second-order valence-electron chi connectivity index (χ2n) is 5.15. The zero-order valence-corrected chi connectivity index (χ0v) is 13.5. The first-order valence-corrected chi connectivity index (χ1v) is 8.11. The zero-order valence-electron chi connectivity index (χ0n) is 11.9. The van der Waals surface area contributed by atoms with Crippen LogP contribution in [0.3, 0.4) is 0 Å². The number of nitrogens with two attached hydrogens (primary N) is 1. The van der Waals surface area contributed by atoms with Crippen molar-refractivity contribution in [1.82, 2.24) is 4.90 Å². The fourth-order valence-corrected chi connectivity index (χ4v) is 3.22. The summed E-state index contributed by atoms with van der Waals surface area (Å²) in [6.07, 6.45) is 0. The smallest absolute Gasteiger partial charge is 0.0477 e. The van der Waals surface area contributed by atoms with Gasteiger partial charge in [-0.2, -0.15) is 0 Å². The number of rotatable bonds is 6. The van der Waals surface area contributed by atoms with Gasteiger partial charge in [0.25, 0.3) is 0 Å². The molecule has 0 radical (unpaired) electrons. The molecule has 108 valence electrons. The molecular formula is C16H21ClN2S. The van der Waals surface area contributed by atoms with Crippen LogP contribution < -0.4 is 5.73 Å². The SMILES string of the molecule is CC(C)N(Cc1cccs1)C(CN)c1ccc(Cl)cc1. The van der Waals surface area contributed by atoms with Crippen LogP contribution in [-0.4, -0.2) is 17.5 Å². The van der Waals surface area contributed by atoms with Gasteiger partial charge in [-0.1, -0.05) is 29.8 Å². The summed E-state index contributed by atoms with van der Waals surface area (Å²) < 4.78 is 0. The molecule has 1 atom stereocenters. The van der Waals surface area contributed by atoms with Crippen LogP contribution in [0, 0.1) is 0 Å². The zero-order chi connectivity index (χ0) is 14.5. The van der Waals surface area contributed by atoms with Crippen LogP contribution in [0.5, 0.6) is 0 Å². The monoisotopic (exact) mass is 308 g/mol. The predicted molar refractivity (Wildman–Crippen MR) is 88.2 cm³/mol. The van der Waals surface area contributed by atoms with Gasteiger partial charge < -0.3 is 5.73 Å². The summed E-state index contributed by atoms with van der Waals surface area (Å²) in [6, 6.07) is 12.9. The molecule has 1 aromatic heterocycles. The molecule has 2 rings (SSSR count). The summed E-state index contributed by atoms with van der Waals surface area (Å²) >= 11 is 7.76. The van der Waals surface area contributed by atoms with Gasteiger partial charge in [-0.3, -0.25) is 4.90 Å². The van der Waals surface area contributed by atoms with E-state index in [0.29, 0.717) is 12.6 Å². The van der Waals surface area contributed by atoms with Gasteiger partial charge in [0.15, 0.2) is 0 Å². The van der Waals surface area contributed by atoms with E-state index < -0.39 is 0 Å². The molecule has 4 heteroatoms. The lowest BCUT2D eigenvalue weighted by Gasteiger charge is -2.34. The number of thiophene rings is 1. The highest BCUT2D eigenvalue weighted by Gasteiger charge is 2.22. The molecule has 0 aliphatic carbocycles. The molecule has 0 spiro atoms. The van der Waals surface area contributed by atoms with Crippen LogP contribution in [0.1, 0.15) is 30.3 Å². The van der Waals surface area contributed by atoms with Crippen LogP contribution in [0.25, 0.3) is 0 Å². The maximum absolute atomic E-state index is 6.04. The Morgan fingerprint density at radius 2 is 1.90 bits per heavy atom. The van der Waals surface area contributed by atoms with Gasteiger partial charge in [0, 0.05) is 35.1 Å². The largest absolute Gasteiger partial charge is 0.329 e. The minimum absolute atomic E-state index is 0.217. The molecule has 0 bridgehead atoms. The fraction of sp³-hybridized carbons (Fsp3) is 0.375. The third-order valence-electron chi connectivity index (χ3n) is 3.46. The summed E-state index contributed by atoms with van der Waals surface area (Å²) in [5.41, 5.74) is 7.26. The predicted octanol–water partition coefficient (Wildman–Crippen LogP) is 4.31. The van der Waals surface area contributed by atoms with Crippen molar-refractivity contribution in [2.75, 3.05) is 6.54 Å². The van der Waals surface area contributed by atoms with Crippen molar-refractivity contribution in [2.24, 2.45) is 5.73 Å². The van der Waals surface area contributed by atoms with Crippen molar-refractivity contribution < 1.29 is 0 Å². The van der Waals surface area contributed by atoms with Gasteiger partial charge >= 0.3 is 0 Å². The standard InChI is InChI=1S/C16H21ClN2S/c1-12(2)19(11-15-4-3-9-20-15)16(10-18)13-5-7-14(17)8-6-13/h3-9,12,16H,10-11,18H2,1-2H3. The average molecular weight is 309 g/mol. The van der Waals surface area contributed by atoms with E-state index in [2.05, 4.69) is 48.4 Å². The van der Waals surface area contributed by atoms with Crippen LogP contribution >= 0.6 is 22.9 Å². The van der Waals surface area contributed by atoms with Crippen molar-refractivity contribution in [3.63, 3.8) is 0 Å². The topological polar surface area (TPSA) is 29.3 Å². The third kappa shape index (κ3) is 3.83. The van der Waals surface area contributed by atoms with Crippen molar-refractivity contribution in [3.05, 3.63) is 57.2 Å². The number of hydrogen-bond donors (Lipinski definition) is 1. The molecule has 1 unspecified atom stereocenters. The molecular weight excluding hydrogens is 288 g/mol. The molecule has 0 aliphatic heterocycles. The van der Waals surface area contributed by atoms with Crippen LogP contribution in [0.15, 0.2) is 41.8 Å². The fourth-order valence-electron chi connectivity index (χ4n) is 2.38. The van der Waals surface area contributed by atoms with E-state index in [9.17, 15) is 0 Å². The maximum atomic E-state index is 6.04. The summed E-state index contributed by atoms with van der Waals surface area (Å²) in [5, 5.41) is 2.88. The lowest BCUT2D eigenvalue weighted by molar-refractivity contribution is 0.149. The highest BCUT2D eigenvalue weighted by atomic mass is 35.5. The second-order valence-corrected chi connectivity index (χ2v) is 6.62. The first kappa shape index (κ1) is 15.5. The first-order chi connectivity index (χ1) is 9.61. The first-order valence-electron chi connectivity index (χ1n) is 6.85. The van der Waals surface area contributed by atoms with Crippen LogP contribution in [0.2, 0.25) is 5.02 Å². The normalized spacial score (nSPS) is 13.1. The summed E-state index contributed by atoms with van der Waals surface area (Å²) in [6.45, 7) is 5.96. The number of benzene rings is 1. The van der Waals surface area contributed by atoms with Crippen molar-refractivity contribution in [1.29, 1.82) is 0 Å². The molecule has 1 heterocycles. The van der Waals surface area contributed by atoms with Crippen LogP contribution in [-0.2, 0) is 6.54 Å². The number of nitrogens with zero attached hydrogens (tertiary/aromatic N) is 1. The Bertz CT molecular complexity index is 508. The molecule has 0 aliphatic rings. The Morgan fingerprint density at radius 1 is 1.20 bits per heavy atom. The number of halogens is 1. The molecule has 0 saturated heterocycles. The van der Waals surface area contributed by atoms with Crippen LogP contribution in [0.4, 0.5) is 0 Å². The molecule has 20 heavy (non-hydrogen) atoms. The van der Waals surface area contributed by atoms with E-state index in [4.69, 9.17) is 17.3 Å². The van der Waals surface area contributed by atoms with Gasteiger partial charge in [-0.05, 0) is 43.0 Å². The molecule has 1 aromatic carbocycles. The molecule has 2 aromatic rings. The Labute approximate surface area is 130 Å². The maximum Gasteiger partial charge on any atom is 0.0477 e. The lowest BCUT2D eigenvalue weighted by Crippen LogP contribution is -2.38. The summed E-state index contributed by atoms with van der Waals surface area (Å²) in [4.78, 5) is 3.81.